The van der Waals surface area contributed by atoms with Crippen molar-refractivity contribution in [3.05, 3.63) is 176 Å². The van der Waals surface area contributed by atoms with E-state index in [0.717, 1.165) is 66.1 Å². The van der Waals surface area contributed by atoms with E-state index in [9.17, 15) is 0 Å². The van der Waals surface area contributed by atoms with E-state index >= 15 is 0 Å². The van der Waals surface area contributed by atoms with E-state index in [2.05, 4.69) is 140 Å². The van der Waals surface area contributed by atoms with Crippen LogP contribution in [0.2, 0.25) is 0 Å². The molecule has 0 aliphatic carbocycles. The Bertz CT molecular complexity index is 2900. The topological polar surface area (TPSA) is 51.8 Å². The molecular weight excluding hydrogens is 623 g/mol. The van der Waals surface area contributed by atoms with E-state index in [-0.39, 0.29) is 0 Å². The van der Waals surface area contributed by atoms with E-state index in [0.29, 0.717) is 17.5 Å². The molecule has 8 aromatic carbocycles. The zero-order valence-electron chi connectivity index (χ0n) is 27.5. The quantitative estimate of drug-likeness (QED) is 0.186. The van der Waals surface area contributed by atoms with Gasteiger partial charge >= 0.3 is 0 Å². The van der Waals surface area contributed by atoms with Gasteiger partial charge in [-0.3, -0.25) is 0 Å². The number of furan rings is 1. The van der Waals surface area contributed by atoms with Crippen molar-refractivity contribution < 1.29 is 4.42 Å². The second-order valence-electron chi connectivity index (χ2n) is 12.8. The van der Waals surface area contributed by atoms with Crippen LogP contribution in [0.5, 0.6) is 0 Å². The Labute approximate surface area is 294 Å². The fourth-order valence-corrected chi connectivity index (χ4v) is 7.13. The van der Waals surface area contributed by atoms with Crippen molar-refractivity contribution in [2.75, 3.05) is 0 Å². The molecule has 0 unspecified atom stereocenters. The molecule has 0 fully saturated rings. The van der Waals surface area contributed by atoms with Crippen molar-refractivity contribution in [2.45, 2.75) is 0 Å². The summed E-state index contributed by atoms with van der Waals surface area (Å²) in [7, 11) is 0. The standard InChI is InChI=1S/C47H29N3O/c1-3-12-32(13-4-1)41-28-37-17-9-10-18-39(37)44-43(41)40-26-25-38(29-42(40)51-44)47-49-45(33-14-5-2-6-15-33)48-46(50-47)34-22-19-31(20-23-34)36-24-21-30-11-7-8-16-35(30)27-36/h1-29H. The lowest BCUT2D eigenvalue weighted by Gasteiger charge is -2.10. The highest BCUT2D eigenvalue weighted by atomic mass is 16.3. The highest BCUT2D eigenvalue weighted by molar-refractivity contribution is 6.21. The smallest absolute Gasteiger partial charge is 0.164 e. The van der Waals surface area contributed by atoms with Gasteiger partial charge in [0.25, 0.3) is 0 Å². The molecular formula is C47H29N3O. The summed E-state index contributed by atoms with van der Waals surface area (Å²) in [6.45, 7) is 0. The predicted octanol–water partition coefficient (Wildman–Crippen LogP) is 12.4. The maximum Gasteiger partial charge on any atom is 0.164 e. The van der Waals surface area contributed by atoms with E-state index in [1.807, 2.05) is 36.4 Å². The first-order valence-corrected chi connectivity index (χ1v) is 17.1. The van der Waals surface area contributed by atoms with Crippen LogP contribution in [0.3, 0.4) is 0 Å². The van der Waals surface area contributed by atoms with Crippen LogP contribution in [-0.2, 0) is 0 Å². The molecule has 4 heteroatoms. The molecule has 2 heterocycles. The normalized spacial score (nSPS) is 11.5. The van der Waals surface area contributed by atoms with Crippen molar-refractivity contribution in [3.63, 3.8) is 0 Å². The average molecular weight is 652 g/mol. The molecule has 0 saturated carbocycles. The fraction of sp³-hybridized carbons (Fsp3) is 0. The maximum absolute atomic E-state index is 6.73. The molecule has 0 aliphatic rings. The van der Waals surface area contributed by atoms with E-state index in [1.165, 1.54) is 16.3 Å². The molecule has 238 valence electrons. The highest BCUT2D eigenvalue weighted by Gasteiger charge is 2.19. The highest BCUT2D eigenvalue weighted by Crippen LogP contribution is 2.42. The molecule has 0 bridgehead atoms. The summed E-state index contributed by atoms with van der Waals surface area (Å²) in [6.07, 6.45) is 0. The van der Waals surface area contributed by atoms with Crippen molar-refractivity contribution in [1.29, 1.82) is 0 Å². The van der Waals surface area contributed by atoms with Crippen LogP contribution in [0.1, 0.15) is 0 Å². The minimum Gasteiger partial charge on any atom is -0.455 e. The average Bonchev–Trinajstić information content (AvgIpc) is 3.60. The van der Waals surface area contributed by atoms with Crippen LogP contribution in [-0.4, -0.2) is 15.0 Å². The Balaban J connectivity index is 1.11. The van der Waals surface area contributed by atoms with Gasteiger partial charge in [-0.05, 0) is 62.7 Å². The Morgan fingerprint density at radius 1 is 0.333 bits per heavy atom. The second kappa shape index (κ2) is 11.9. The molecule has 2 aromatic heterocycles. The van der Waals surface area contributed by atoms with Crippen molar-refractivity contribution in [3.8, 4) is 56.4 Å². The van der Waals surface area contributed by atoms with Crippen LogP contribution in [0.15, 0.2) is 180 Å². The lowest BCUT2D eigenvalue weighted by molar-refractivity contribution is 0.673. The van der Waals surface area contributed by atoms with Crippen LogP contribution >= 0.6 is 0 Å². The molecule has 4 nitrogen and oxygen atoms in total. The maximum atomic E-state index is 6.73. The first kappa shape index (κ1) is 29.0. The summed E-state index contributed by atoms with van der Waals surface area (Å²) in [5.74, 6) is 1.83. The van der Waals surface area contributed by atoms with Gasteiger partial charge in [0.15, 0.2) is 17.5 Å². The summed E-state index contributed by atoms with van der Waals surface area (Å²) in [4.78, 5) is 15.0. The summed E-state index contributed by atoms with van der Waals surface area (Å²) in [5.41, 5.74) is 9.00. The summed E-state index contributed by atoms with van der Waals surface area (Å²) >= 11 is 0. The number of hydrogen-bond acceptors (Lipinski definition) is 4. The minimum atomic E-state index is 0.591. The largest absolute Gasteiger partial charge is 0.455 e. The van der Waals surface area contributed by atoms with Gasteiger partial charge in [-0.15, -0.1) is 0 Å². The van der Waals surface area contributed by atoms with E-state index < -0.39 is 0 Å². The lowest BCUT2D eigenvalue weighted by Crippen LogP contribution is -2.00. The van der Waals surface area contributed by atoms with Gasteiger partial charge in [-0.1, -0.05) is 152 Å². The van der Waals surface area contributed by atoms with E-state index in [1.54, 1.807) is 0 Å². The zero-order chi connectivity index (χ0) is 33.7. The number of rotatable bonds is 5. The molecule has 0 aliphatic heterocycles. The van der Waals surface area contributed by atoms with Gasteiger partial charge in [-0.25, -0.2) is 15.0 Å². The molecule has 10 aromatic rings. The molecule has 0 spiro atoms. The minimum absolute atomic E-state index is 0.591. The van der Waals surface area contributed by atoms with Crippen molar-refractivity contribution >= 4 is 43.5 Å². The van der Waals surface area contributed by atoms with Gasteiger partial charge in [-0.2, -0.15) is 0 Å². The number of aromatic nitrogens is 3. The molecule has 0 atom stereocenters. The Morgan fingerprint density at radius 3 is 1.63 bits per heavy atom. The van der Waals surface area contributed by atoms with Crippen LogP contribution in [0.4, 0.5) is 0 Å². The predicted molar refractivity (Wildman–Crippen MR) is 209 cm³/mol. The van der Waals surface area contributed by atoms with Gasteiger partial charge in [0.2, 0.25) is 0 Å². The molecule has 0 saturated heterocycles. The molecule has 0 N–H and O–H groups in total. The van der Waals surface area contributed by atoms with Gasteiger partial charge < -0.3 is 4.42 Å². The van der Waals surface area contributed by atoms with Crippen LogP contribution in [0.25, 0.3) is 99.9 Å². The zero-order valence-corrected chi connectivity index (χ0v) is 27.5. The van der Waals surface area contributed by atoms with Gasteiger partial charge in [0.1, 0.15) is 11.2 Å². The van der Waals surface area contributed by atoms with Crippen molar-refractivity contribution in [1.82, 2.24) is 15.0 Å². The summed E-state index contributed by atoms with van der Waals surface area (Å²) in [6, 6.07) is 61.1. The lowest BCUT2D eigenvalue weighted by atomic mass is 9.95. The number of fused-ring (bicyclic) bond motifs is 6. The Kier molecular flexibility index (Phi) is 6.78. The number of nitrogens with zero attached hydrogens (tertiary/aromatic N) is 3. The van der Waals surface area contributed by atoms with Gasteiger partial charge in [0, 0.05) is 32.8 Å². The monoisotopic (exact) mass is 651 g/mol. The van der Waals surface area contributed by atoms with Crippen molar-refractivity contribution in [2.24, 2.45) is 0 Å². The summed E-state index contributed by atoms with van der Waals surface area (Å²) < 4.78 is 6.73. The molecule has 0 amide bonds. The van der Waals surface area contributed by atoms with Gasteiger partial charge in [0.05, 0.1) is 0 Å². The van der Waals surface area contributed by atoms with E-state index in [4.69, 9.17) is 19.4 Å². The number of hydrogen-bond donors (Lipinski definition) is 0. The third-order valence-corrected chi connectivity index (χ3v) is 9.70. The Hall–Kier alpha value is -6.91. The fourth-order valence-electron chi connectivity index (χ4n) is 7.13. The second-order valence-corrected chi connectivity index (χ2v) is 12.8. The first-order chi connectivity index (χ1) is 25.2. The third-order valence-electron chi connectivity index (χ3n) is 9.70. The number of benzene rings is 8. The first-order valence-electron chi connectivity index (χ1n) is 17.1. The SMILES string of the molecule is c1ccc(-c2nc(-c3ccc(-c4ccc5ccccc5c4)cc3)nc(-c3ccc4c(c3)oc3c5ccccc5cc(-c5ccccc5)c43)n2)cc1. The summed E-state index contributed by atoms with van der Waals surface area (Å²) in [5, 5.41) is 6.85. The molecule has 10 rings (SSSR count). The molecule has 51 heavy (non-hydrogen) atoms. The van der Waals surface area contributed by atoms with Crippen LogP contribution < -0.4 is 0 Å². The Morgan fingerprint density at radius 2 is 0.882 bits per heavy atom. The molecule has 0 radical (unpaired) electrons. The van der Waals surface area contributed by atoms with Crippen LogP contribution in [0, 0.1) is 0 Å². The third kappa shape index (κ3) is 5.13.